The highest BCUT2D eigenvalue weighted by Crippen LogP contribution is 2.40. The molecule has 0 saturated heterocycles. The number of hydrazone groups is 1. The van der Waals surface area contributed by atoms with E-state index in [2.05, 4.69) is 42.4 Å². The van der Waals surface area contributed by atoms with Gasteiger partial charge >= 0.3 is 0 Å². The number of halogens is 2. The molecule has 0 saturated carbocycles. The number of carbonyl (C=O) groups excluding carboxylic acids is 1. The number of nitro groups is 1. The first-order chi connectivity index (χ1) is 11.3. The van der Waals surface area contributed by atoms with Gasteiger partial charge in [-0.2, -0.15) is 5.10 Å². The normalized spacial score (nSPS) is 10.8. The monoisotopic (exact) mass is 457 g/mol. The zero-order valence-electron chi connectivity index (χ0n) is 11.7. The van der Waals surface area contributed by atoms with E-state index in [0.29, 0.717) is 4.47 Å². The Bertz CT molecular complexity index is 837. The minimum Gasteiger partial charge on any atom is -0.506 e. The highest BCUT2D eigenvalue weighted by molar-refractivity contribution is 9.11. The fourth-order valence-corrected chi connectivity index (χ4v) is 2.83. The van der Waals surface area contributed by atoms with Gasteiger partial charge in [0, 0.05) is 23.3 Å². The number of aromatic hydroxyl groups is 2. The van der Waals surface area contributed by atoms with Crippen LogP contribution in [-0.2, 0) is 0 Å². The Hall–Kier alpha value is -2.46. The number of hydrogen-bond donors (Lipinski definition) is 3. The number of non-ortho nitro benzene ring substituents is 1. The Kier molecular flexibility index (Phi) is 5.52. The lowest BCUT2D eigenvalue weighted by Crippen LogP contribution is -2.17. The molecule has 10 heteroatoms. The third-order valence-electron chi connectivity index (χ3n) is 2.91. The molecule has 0 aliphatic carbocycles. The van der Waals surface area contributed by atoms with Crippen LogP contribution in [-0.4, -0.2) is 27.3 Å². The van der Waals surface area contributed by atoms with Crippen LogP contribution in [0.5, 0.6) is 11.5 Å². The summed E-state index contributed by atoms with van der Waals surface area (Å²) in [4.78, 5) is 21.9. The van der Waals surface area contributed by atoms with Gasteiger partial charge in [-0.1, -0.05) is 0 Å². The Labute approximate surface area is 152 Å². The molecule has 0 aliphatic heterocycles. The molecule has 0 radical (unpaired) electrons. The van der Waals surface area contributed by atoms with E-state index in [1.54, 1.807) is 0 Å². The third-order valence-corrected chi connectivity index (χ3v) is 4.26. The van der Waals surface area contributed by atoms with Gasteiger partial charge in [-0.05, 0) is 50.1 Å². The number of nitrogens with one attached hydrogen (secondary N) is 1. The van der Waals surface area contributed by atoms with E-state index in [0.717, 1.165) is 0 Å². The molecule has 2 aromatic rings. The van der Waals surface area contributed by atoms with Gasteiger partial charge in [0.15, 0.2) is 0 Å². The van der Waals surface area contributed by atoms with Gasteiger partial charge in [-0.3, -0.25) is 14.9 Å². The third kappa shape index (κ3) is 3.89. The summed E-state index contributed by atoms with van der Waals surface area (Å²) < 4.78 is 0.412. The molecule has 124 valence electrons. The first kappa shape index (κ1) is 17.9. The lowest BCUT2D eigenvalue weighted by atomic mass is 10.2. The summed E-state index contributed by atoms with van der Waals surface area (Å²) in [7, 11) is 0. The number of benzene rings is 2. The van der Waals surface area contributed by atoms with Crippen LogP contribution < -0.4 is 5.43 Å². The van der Waals surface area contributed by atoms with Crippen molar-refractivity contribution in [2.45, 2.75) is 0 Å². The van der Waals surface area contributed by atoms with E-state index in [9.17, 15) is 25.1 Å². The maximum absolute atomic E-state index is 11.9. The van der Waals surface area contributed by atoms with Crippen molar-refractivity contribution >= 4 is 49.7 Å². The molecular weight excluding hydrogens is 450 g/mol. The number of carbonyl (C=O) groups is 1. The maximum Gasteiger partial charge on any atom is 0.271 e. The smallest absolute Gasteiger partial charge is 0.271 e. The van der Waals surface area contributed by atoms with Gasteiger partial charge in [0.1, 0.15) is 16.0 Å². The van der Waals surface area contributed by atoms with Crippen molar-refractivity contribution in [3.63, 3.8) is 0 Å². The SMILES string of the molecule is O=C(N/N=C/c1cc(Br)c(O)c(Br)c1O)c1ccc([N+](=O)[O-])cc1. The number of amides is 1. The number of nitrogens with zero attached hydrogens (tertiary/aromatic N) is 2. The highest BCUT2D eigenvalue weighted by Gasteiger charge is 2.13. The standard InChI is InChI=1S/C14H9Br2N3O5/c15-10-5-8(12(20)11(16)13(10)21)6-17-18-14(22)7-1-3-9(4-2-7)19(23)24/h1-6,20-21H,(H,18,22)/b17-6+. The van der Waals surface area contributed by atoms with Crippen LogP contribution in [0.2, 0.25) is 0 Å². The molecule has 3 N–H and O–H groups in total. The number of rotatable bonds is 4. The topological polar surface area (TPSA) is 125 Å². The minimum atomic E-state index is -0.572. The van der Waals surface area contributed by atoms with E-state index in [-0.39, 0.29) is 32.8 Å². The molecule has 2 rings (SSSR count). The molecule has 0 aromatic heterocycles. The molecule has 0 bridgehead atoms. The lowest BCUT2D eigenvalue weighted by molar-refractivity contribution is -0.384. The van der Waals surface area contributed by atoms with Crippen LogP contribution in [0.15, 0.2) is 44.4 Å². The Morgan fingerprint density at radius 3 is 2.42 bits per heavy atom. The summed E-state index contributed by atoms with van der Waals surface area (Å²) in [5.41, 5.74) is 2.54. The van der Waals surface area contributed by atoms with Crippen LogP contribution in [0.1, 0.15) is 15.9 Å². The van der Waals surface area contributed by atoms with Crippen molar-refractivity contribution in [2.24, 2.45) is 5.10 Å². The molecule has 1 amide bonds. The van der Waals surface area contributed by atoms with Gasteiger partial charge in [-0.25, -0.2) is 5.43 Å². The molecule has 0 aliphatic rings. The number of phenolic OH excluding ortho intramolecular Hbond substituents is 2. The van der Waals surface area contributed by atoms with Crippen LogP contribution >= 0.6 is 31.9 Å². The van der Waals surface area contributed by atoms with E-state index < -0.39 is 10.8 Å². The zero-order valence-corrected chi connectivity index (χ0v) is 14.9. The molecule has 0 heterocycles. The zero-order chi connectivity index (χ0) is 17.9. The summed E-state index contributed by atoms with van der Waals surface area (Å²) in [6.45, 7) is 0. The average molecular weight is 459 g/mol. The predicted octanol–water partition coefficient (Wildman–Crippen LogP) is 3.29. The van der Waals surface area contributed by atoms with Gasteiger partial charge in [0.25, 0.3) is 11.6 Å². The van der Waals surface area contributed by atoms with Gasteiger partial charge in [0.2, 0.25) is 0 Å². The molecule has 0 atom stereocenters. The van der Waals surface area contributed by atoms with Crippen LogP contribution in [0.3, 0.4) is 0 Å². The van der Waals surface area contributed by atoms with Crippen molar-refractivity contribution in [3.05, 3.63) is 60.5 Å². The second kappa shape index (κ2) is 7.41. The van der Waals surface area contributed by atoms with E-state index in [1.807, 2.05) is 0 Å². The van der Waals surface area contributed by atoms with Crippen LogP contribution in [0.4, 0.5) is 5.69 Å². The molecule has 0 fully saturated rings. The van der Waals surface area contributed by atoms with E-state index in [1.165, 1.54) is 36.5 Å². The van der Waals surface area contributed by atoms with E-state index in [4.69, 9.17) is 0 Å². The first-order valence-corrected chi connectivity index (χ1v) is 7.87. The summed E-state index contributed by atoms with van der Waals surface area (Å²) in [6, 6.07) is 6.43. The Balaban J connectivity index is 2.11. The largest absolute Gasteiger partial charge is 0.506 e. The molecule has 0 unspecified atom stereocenters. The van der Waals surface area contributed by atoms with Gasteiger partial charge in [0.05, 0.1) is 15.6 Å². The minimum absolute atomic E-state index is 0.0834. The average Bonchev–Trinajstić information content (AvgIpc) is 2.57. The van der Waals surface area contributed by atoms with Gasteiger partial charge in [-0.15, -0.1) is 0 Å². The van der Waals surface area contributed by atoms with E-state index >= 15 is 0 Å². The van der Waals surface area contributed by atoms with Crippen molar-refractivity contribution in [3.8, 4) is 11.5 Å². The van der Waals surface area contributed by atoms with Crippen molar-refractivity contribution in [2.75, 3.05) is 0 Å². The molecule has 8 nitrogen and oxygen atoms in total. The molecule has 24 heavy (non-hydrogen) atoms. The second-order valence-electron chi connectivity index (χ2n) is 4.46. The molecule has 2 aromatic carbocycles. The maximum atomic E-state index is 11.9. The lowest BCUT2D eigenvalue weighted by Gasteiger charge is -2.06. The second-order valence-corrected chi connectivity index (χ2v) is 6.11. The first-order valence-electron chi connectivity index (χ1n) is 6.29. The number of hydrogen-bond acceptors (Lipinski definition) is 6. The quantitative estimate of drug-likeness (QED) is 0.368. The Morgan fingerprint density at radius 1 is 1.21 bits per heavy atom. The summed E-state index contributed by atoms with van der Waals surface area (Å²) >= 11 is 6.13. The number of phenols is 2. The summed E-state index contributed by atoms with van der Waals surface area (Å²) in [6.07, 6.45) is 1.19. The fourth-order valence-electron chi connectivity index (χ4n) is 1.67. The fraction of sp³-hybridized carbons (Fsp3) is 0. The molecule has 0 spiro atoms. The highest BCUT2D eigenvalue weighted by atomic mass is 79.9. The van der Waals surface area contributed by atoms with Gasteiger partial charge < -0.3 is 10.2 Å². The van der Waals surface area contributed by atoms with Crippen LogP contribution in [0, 0.1) is 10.1 Å². The van der Waals surface area contributed by atoms with Crippen LogP contribution in [0.25, 0.3) is 0 Å². The van der Waals surface area contributed by atoms with Crippen molar-refractivity contribution in [1.82, 2.24) is 5.43 Å². The number of nitro benzene ring substituents is 1. The molecular formula is C14H9Br2N3O5. The van der Waals surface area contributed by atoms with Crippen molar-refractivity contribution < 1.29 is 19.9 Å². The Morgan fingerprint density at radius 2 is 1.83 bits per heavy atom. The predicted molar refractivity (Wildman–Crippen MR) is 93.3 cm³/mol. The summed E-state index contributed by atoms with van der Waals surface area (Å²) in [5, 5.41) is 33.8. The summed E-state index contributed by atoms with van der Waals surface area (Å²) in [5.74, 6) is -0.985. The van der Waals surface area contributed by atoms with Crippen molar-refractivity contribution in [1.29, 1.82) is 0 Å².